The molecular weight excluding hydrogens is 144 g/mol. The van der Waals surface area contributed by atoms with Crippen LogP contribution in [0.1, 0.15) is 46.5 Å². The van der Waals surface area contributed by atoms with Gasteiger partial charge in [-0.2, -0.15) is 0 Å². The van der Waals surface area contributed by atoms with Crippen molar-refractivity contribution in [3.63, 3.8) is 0 Å². The predicted octanol–water partition coefficient (Wildman–Crippen LogP) is 3.71. The van der Waals surface area contributed by atoms with E-state index in [1.165, 1.54) is 25.7 Å². The highest BCUT2D eigenvalue weighted by Gasteiger charge is 2.45. The van der Waals surface area contributed by atoms with Crippen molar-refractivity contribution in [2.75, 3.05) is 0 Å². The van der Waals surface area contributed by atoms with Gasteiger partial charge in [0.25, 0.3) is 0 Å². The molecule has 0 bridgehead atoms. The van der Waals surface area contributed by atoms with Gasteiger partial charge in [0.15, 0.2) is 0 Å². The van der Waals surface area contributed by atoms with Crippen LogP contribution in [0.2, 0.25) is 0 Å². The molecule has 0 N–H and O–H groups in total. The summed E-state index contributed by atoms with van der Waals surface area (Å²) in [5.41, 5.74) is 0. The highest BCUT2D eigenvalue weighted by Crippen LogP contribution is 2.54. The van der Waals surface area contributed by atoms with Gasteiger partial charge in [-0.3, -0.25) is 0 Å². The lowest BCUT2D eigenvalue weighted by atomic mass is 9.86. The summed E-state index contributed by atoms with van der Waals surface area (Å²) in [6.07, 6.45) is 6.00. The summed E-state index contributed by atoms with van der Waals surface area (Å²) in [6, 6.07) is 0. The maximum Gasteiger partial charge on any atom is -0.0332 e. The summed E-state index contributed by atoms with van der Waals surface area (Å²) in [4.78, 5) is 0. The molecule has 2 aliphatic carbocycles. The van der Waals surface area contributed by atoms with Gasteiger partial charge in [-0.15, -0.1) is 0 Å². The summed E-state index contributed by atoms with van der Waals surface area (Å²) < 4.78 is 0. The Hall–Kier alpha value is 0. The third-order valence-electron chi connectivity index (χ3n) is 4.57. The SMILES string of the molecule is CCC1CC(C)C2C(C)CCC12. The molecule has 0 aliphatic heterocycles. The first kappa shape index (κ1) is 8.59. The van der Waals surface area contributed by atoms with Crippen molar-refractivity contribution in [2.24, 2.45) is 29.6 Å². The zero-order valence-corrected chi connectivity index (χ0v) is 8.72. The Kier molecular flexibility index (Phi) is 2.18. The molecule has 70 valence electrons. The highest BCUT2D eigenvalue weighted by atomic mass is 14.5. The van der Waals surface area contributed by atoms with Crippen molar-refractivity contribution in [1.82, 2.24) is 0 Å². The van der Waals surface area contributed by atoms with Crippen LogP contribution in [0.25, 0.3) is 0 Å². The predicted molar refractivity (Wildman–Crippen MR) is 52.9 cm³/mol. The molecule has 0 spiro atoms. The second kappa shape index (κ2) is 3.05. The van der Waals surface area contributed by atoms with Crippen LogP contribution in [-0.4, -0.2) is 0 Å². The van der Waals surface area contributed by atoms with Gasteiger partial charge < -0.3 is 0 Å². The Morgan fingerprint density at radius 3 is 2.50 bits per heavy atom. The maximum absolute atomic E-state index is 2.48. The monoisotopic (exact) mass is 166 g/mol. The van der Waals surface area contributed by atoms with E-state index in [9.17, 15) is 0 Å². The molecule has 0 aromatic carbocycles. The zero-order valence-electron chi connectivity index (χ0n) is 8.72. The van der Waals surface area contributed by atoms with Gasteiger partial charge in [0.05, 0.1) is 0 Å². The maximum atomic E-state index is 2.48. The fourth-order valence-electron chi connectivity index (χ4n) is 4.07. The van der Waals surface area contributed by atoms with E-state index in [1.54, 1.807) is 0 Å². The van der Waals surface area contributed by atoms with E-state index >= 15 is 0 Å². The summed E-state index contributed by atoms with van der Waals surface area (Å²) in [5, 5.41) is 0. The molecule has 0 radical (unpaired) electrons. The number of hydrogen-bond acceptors (Lipinski definition) is 0. The van der Waals surface area contributed by atoms with Gasteiger partial charge in [-0.25, -0.2) is 0 Å². The van der Waals surface area contributed by atoms with Crippen LogP contribution < -0.4 is 0 Å². The minimum Gasteiger partial charge on any atom is -0.0651 e. The highest BCUT2D eigenvalue weighted by molar-refractivity contribution is 4.95. The molecule has 0 aromatic heterocycles. The van der Waals surface area contributed by atoms with Gasteiger partial charge in [-0.1, -0.05) is 33.6 Å². The molecule has 2 saturated carbocycles. The Morgan fingerprint density at radius 2 is 1.83 bits per heavy atom. The Balaban J connectivity index is 2.11. The van der Waals surface area contributed by atoms with Gasteiger partial charge in [0, 0.05) is 0 Å². The van der Waals surface area contributed by atoms with Crippen molar-refractivity contribution in [3.05, 3.63) is 0 Å². The van der Waals surface area contributed by atoms with E-state index in [1.807, 2.05) is 0 Å². The Labute approximate surface area is 76.7 Å². The van der Waals surface area contributed by atoms with E-state index in [4.69, 9.17) is 0 Å². The summed E-state index contributed by atoms with van der Waals surface area (Å²) in [5.74, 6) is 5.34. The third kappa shape index (κ3) is 1.11. The topological polar surface area (TPSA) is 0 Å². The van der Waals surface area contributed by atoms with Crippen molar-refractivity contribution < 1.29 is 0 Å². The molecule has 5 unspecified atom stereocenters. The molecule has 0 heterocycles. The summed E-state index contributed by atoms with van der Waals surface area (Å²) in [7, 11) is 0. The number of fused-ring (bicyclic) bond motifs is 1. The Morgan fingerprint density at radius 1 is 1.08 bits per heavy atom. The average molecular weight is 166 g/mol. The Bertz CT molecular complexity index is 161. The standard InChI is InChI=1S/C12H22/c1-4-10-7-9(3)12-8(2)5-6-11(10)12/h8-12H,4-7H2,1-3H3. The van der Waals surface area contributed by atoms with Gasteiger partial charge >= 0.3 is 0 Å². The lowest BCUT2D eigenvalue weighted by molar-refractivity contribution is 0.286. The van der Waals surface area contributed by atoms with E-state index < -0.39 is 0 Å². The second-order valence-corrected chi connectivity index (χ2v) is 5.18. The molecule has 5 atom stereocenters. The van der Waals surface area contributed by atoms with Crippen LogP contribution in [0, 0.1) is 29.6 Å². The van der Waals surface area contributed by atoms with Crippen molar-refractivity contribution in [3.8, 4) is 0 Å². The van der Waals surface area contributed by atoms with Gasteiger partial charge in [-0.05, 0) is 42.4 Å². The molecule has 0 aromatic rings. The van der Waals surface area contributed by atoms with Crippen molar-refractivity contribution in [2.45, 2.75) is 46.5 Å². The molecule has 0 nitrogen and oxygen atoms in total. The molecule has 12 heavy (non-hydrogen) atoms. The molecule has 2 fully saturated rings. The van der Waals surface area contributed by atoms with Crippen LogP contribution >= 0.6 is 0 Å². The quantitative estimate of drug-likeness (QED) is 0.557. The average Bonchev–Trinajstić information content (AvgIpc) is 2.55. The lowest BCUT2D eigenvalue weighted by Crippen LogP contribution is -2.14. The van der Waals surface area contributed by atoms with Crippen LogP contribution in [0.15, 0.2) is 0 Å². The molecular formula is C12H22. The molecule has 2 rings (SSSR count). The van der Waals surface area contributed by atoms with Gasteiger partial charge in [0.2, 0.25) is 0 Å². The molecule has 0 amide bonds. The molecule has 0 heteroatoms. The van der Waals surface area contributed by atoms with E-state index in [-0.39, 0.29) is 0 Å². The largest absolute Gasteiger partial charge is 0.0651 e. The summed E-state index contributed by atoms with van der Waals surface area (Å²) >= 11 is 0. The van der Waals surface area contributed by atoms with Crippen molar-refractivity contribution >= 4 is 0 Å². The lowest BCUT2D eigenvalue weighted by Gasteiger charge is -2.19. The summed E-state index contributed by atoms with van der Waals surface area (Å²) in [6.45, 7) is 7.33. The van der Waals surface area contributed by atoms with Crippen LogP contribution in [-0.2, 0) is 0 Å². The second-order valence-electron chi connectivity index (χ2n) is 5.18. The number of rotatable bonds is 1. The van der Waals surface area contributed by atoms with E-state index in [0.717, 1.165) is 29.6 Å². The first-order valence-corrected chi connectivity index (χ1v) is 5.74. The van der Waals surface area contributed by atoms with E-state index in [0.29, 0.717) is 0 Å². The zero-order chi connectivity index (χ0) is 8.72. The molecule has 0 saturated heterocycles. The van der Waals surface area contributed by atoms with E-state index in [2.05, 4.69) is 20.8 Å². The minimum absolute atomic E-state index is 1.03. The van der Waals surface area contributed by atoms with Gasteiger partial charge in [0.1, 0.15) is 0 Å². The van der Waals surface area contributed by atoms with Crippen LogP contribution in [0.4, 0.5) is 0 Å². The smallest absolute Gasteiger partial charge is 0.0332 e. The van der Waals surface area contributed by atoms with Crippen LogP contribution in [0.5, 0.6) is 0 Å². The van der Waals surface area contributed by atoms with Crippen molar-refractivity contribution in [1.29, 1.82) is 0 Å². The number of hydrogen-bond donors (Lipinski definition) is 0. The van der Waals surface area contributed by atoms with Crippen LogP contribution in [0.3, 0.4) is 0 Å². The molecule has 2 aliphatic rings. The third-order valence-corrected chi connectivity index (χ3v) is 4.57. The minimum atomic E-state index is 1.03. The normalized spacial score (nSPS) is 52.8. The fraction of sp³-hybridized carbons (Fsp3) is 1.00. The first-order chi connectivity index (χ1) is 5.74. The fourth-order valence-corrected chi connectivity index (χ4v) is 4.07. The first-order valence-electron chi connectivity index (χ1n) is 5.74.